The van der Waals surface area contributed by atoms with Crippen LogP contribution in [0.15, 0.2) is 35.4 Å². The summed E-state index contributed by atoms with van der Waals surface area (Å²) in [5.74, 6) is -0.781. The third-order valence-corrected chi connectivity index (χ3v) is 2.89. The van der Waals surface area contributed by atoms with E-state index in [9.17, 15) is 4.79 Å². The van der Waals surface area contributed by atoms with Crippen molar-refractivity contribution < 1.29 is 9.90 Å². The van der Waals surface area contributed by atoms with Gasteiger partial charge in [-0.1, -0.05) is 30.3 Å². The first kappa shape index (κ1) is 11.6. The number of carboxylic acids is 1. The topological polar surface area (TPSA) is 52.9 Å². The van der Waals surface area contributed by atoms with Gasteiger partial charge in [-0.05, 0) is 12.5 Å². The van der Waals surface area contributed by atoms with Gasteiger partial charge in [0.2, 0.25) is 0 Å². The maximum atomic E-state index is 10.6. The Morgan fingerprint density at radius 1 is 1.47 bits per heavy atom. The number of carboxylic acid groups (broad SMARTS) is 1. The Bertz CT molecular complexity index is 428. The van der Waals surface area contributed by atoms with E-state index < -0.39 is 5.97 Å². The summed E-state index contributed by atoms with van der Waals surface area (Å²) in [4.78, 5) is 10.6. The summed E-state index contributed by atoms with van der Waals surface area (Å²) in [5.41, 5.74) is 2.25. The standard InChI is InChI=1S/C13H16N2O2/c1-10-9-12(11-5-3-2-4-6-11)15(14-10)8-7-13(16)17/h2-6,12H,7-9H2,1H3,(H,16,17)/t12-/m0/s1. The van der Waals surface area contributed by atoms with Gasteiger partial charge in [-0.2, -0.15) is 5.10 Å². The molecule has 1 aliphatic heterocycles. The minimum atomic E-state index is -0.781. The molecule has 1 aromatic carbocycles. The van der Waals surface area contributed by atoms with E-state index >= 15 is 0 Å². The van der Waals surface area contributed by atoms with Crippen LogP contribution in [0.3, 0.4) is 0 Å². The number of rotatable bonds is 4. The number of nitrogens with zero attached hydrogens (tertiary/aromatic N) is 2. The summed E-state index contributed by atoms with van der Waals surface area (Å²) in [6.45, 7) is 2.45. The third kappa shape index (κ3) is 2.84. The molecule has 4 heteroatoms. The fourth-order valence-electron chi connectivity index (χ4n) is 2.10. The molecule has 0 bridgehead atoms. The van der Waals surface area contributed by atoms with Gasteiger partial charge in [0.25, 0.3) is 0 Å². The number of carbonyl (C=O) groups is 1. The highest BCUT2D eigenvalue weighted by molar-refractivity contribution is 5.83. The molecule has 0 amide bonds. The van der Waals surface area contributed by atoms with Crippen LogP contribution in [0.2, 0.25) is 0 Å². The Hall–Kier alpha value is -1.84. The lowest BCUT2D eigenvalue weighted by Gasteiger charge is -2.23. The molecule has 90 valence electrons. The molecule has 1 aromatic rings. The highest BCUT2D eigenvalue weighted by Crippen LogP contribution is 2.30. The first-order valence-electron chi connectivity index (χ1n) is 5.74. The van der Waals surface area contributed by atoms with Gasteiger partial charge in [0.15, 0.2) is 0 Å². The average molecular weight is 232 g/mol. The van der Waals surface area contributed by atoms with Gasteiger partial charge in [0.05, 0.1) is 12.5 Å². The zero-order chi connectivity index (χ0) is 12.3. The van der Waals surface area contributed by atoms with E-state index in [0.29, 0.717) is 6.54 Å². The van der Waals surface area contributed by atoms with Crippen LogP contribution < -0.4 is 0 Å². The molecule has 17 heavy (non-hydrogen) atoms. The van der Waals surface area contributed by atoms with Gasteiger partial charge in [0.1, 0.15) is 0 Å². The van der Waals surface area contributed by atoms with Crippen LogP contribution in [0, 0.1) is 0 Å². The number of aliphatic carboxylic acids is 1. The Labute approximate surface area is 101 Å². The number of hydrazone groups is 1. The summed E-state index contributed by atoms with van der Waals surface area (Å²) in [6, 6.07) is 10.3. The van der Waals surface area contributed by atoms with Crippen molar-refractivity contribution in [1.82, 2.24) is 5.01 Å². The third-order valence-electron chi connectivity index (χ3n) is 2.89. The monoisotopic (exact) mass is 232 g/mol. The van der Waals surface area contributed by atoms with Crippen molar-refractivity contribution in [3.63, 3.8) is 0 Å². The molecule has 0 unspecified atom stereocenters. The summed E-state index contributed by atoms with van der Waals surface area (Å²) >= 11 is 0. The summed E-state index contributed by atoms with van der Waals surface area (Å²) in [7, 11) is 0. The second kappa shape index (κ2) is 4.99. The maximum Gasteiger partial charge on any atom is 0.305 e. The normalized spacial score (nSPS) is 19.2. The fraction of sp³-hybridized carbons (Fsp3) is 0.385. The number of benzene rings is 1. The molecule has 0 saturated carbocycles. The van der Waals surface area contributed by atoms with Crippen molar-refractivity contribution in [2.24, 2.45) is 5.10 Å². The highest BCUT2D eigenvalue weighted by Gasteiger charge is 2.25. The zero-order valence-electron chi connectivity index (χ0n) is 9.84. The van der Waals surface area contributed by atoms with E-state index in [2.05, 4.69) is 17.2 Å². The van der Waals surface area contributed by atoms with Crippen molar-refractivity contribution >= 4 is 11.7 Å². The first-order valence-corrected chi connectivity index (χ1v) is 5.74. The van der Waals surface area contributed by atoms with Crippen LogP contribution in [0.4, 0.5) is 0 Å². The zero-order valence-corrected chi connectivity index (χ0v) is 9.84. The largest absolute Gasteiger partial charge is 0.481 e. The average Bonchev–Trinajstić information content (AvgIpc) is 2.69. The van der Waals surface area contributed by atoms with Crippen LogP contribution in [0.5, 0.6) is 0 Å². The lowest BCUT2D eigenvalue weighted by molar-refractivity contribution is -0.137. The molecule has 0 aromatic heterocycles. The summed E-state index contributed by atoms with van der Waals surface area (Å²) in [5, 5.41) is 15.0. The van der Waals surface area contributed by atoms with Gasteiger partial charge in [-0.3, -0.25) is 9.80 Å². The van der Waals surface area contributed by atoms with Crippen molar-refractivity contribution in [3.05, 3.63) is 35.9 Å². The second-order valence-electron chi connectivity index (χ2n) is 4.27. The fourth-order valence-corrected chi connectivity index (χ4v) is 2.10. The first-order chi connectivity index (χ1) is 8.16. The number of hydrogen-bond acceptors (Lipinski definition) is 3. The minimum Gasteiger partial charge on any atom is -0.481 e. The molecule has 1 aliphatic rings. The molecule has 0 saturated heterocycles. The van der Waals surface area contributed by atoms with Gasteiger partial charge in [-0.15, -0.1) is 0 Å². The Morgan fingerprint density at radius 3 is 2.82 bits per heavy atom. The van der Waals surface area contributed by atoms with E-state index in [4.69, 9.17) is 5.11 Å². The molecule has 2 rings (SSSR count). The van der Waals surface area contributed by atoms with E-state index in [1.165, 1.54) is 5.56 Å². The van der Waals surface area contributed by atoms with Crippen molar-refractivity contribution in [3.8, 4) is 0 Å². The van der Waals surface area contributed by atoms with Crippen LogP contribution in [0.1, 0.15) is 31.4 Å². The molecule has 0 aliphatic carbocycles. The predicted molar refractivity (Wildman–Crippen MR) is 65.9 cm³/mol. The lowest BCUT2D eigenvalue weighted by Crippen LogP contribution is -2.22. The molecule has 1 N–H and O–H groups in total. The SMILES string of the molecule is CC1=NN(CCC(=O)O)[C@H](c2ccccc2)C1. The van der Waals surface area contributed by atoms with Gasteiger partial charge >= 0.3 is 5.97 Å². The van der Waals surface area contributed by atoms with Crippen LogP contribution in [-0.4, -0.2) is 28.3 Å². The Kier molecular flexibility index (Phi) is 3.42. The second-order valence-corrected chi connectivity index (χ2v) is 4.27. The molecule has 0 fully saturated rings. The van der Waals surface area contributed by atoms with Gasteiger partial charge < -0.3 is 5.11 Å². The molecule has 0 radical (unpaired) electrons. The minimum absolute atomic E-state index is 0.125. The highest BCUT2D eigenvalue weighted by atomic mass is 16.4. The predicted octanol–water partition coefficient (Wildman–Crippen LogP) is 2.28. The van der Waals surface area contributed by atoms with Crippen molar-refractivity contribution in [2.45, 2.75) is 25.8 Å². The molecule has 1 atom stereocenters. The van der Waals surface area contributed by atoms with Crippen molar-refractivity contribution in [2.75, 3.05) is 6.54 Å². The Balaban J connectivity index is 2.09. The van der Waals surface area contributed by atoms with E-state index in [1.807, 2.05) is 30.1 Å². The van der Waals surface area contributed by atoms with E-state index in [-0.39, 0.29) is 12.5 Å². The number of hydrogen-bond donors (Lipinski definition) is 1. The molecular formula is C13H16N2O2. The van der Waals surface area contributed by atoms with Crippen LogP contribution in [-0.2, 0) is 4.79 Å². The van der Waals surface area contributed by atoms with Crippen LogP contribution in [0.25, 0.3) is 0 Å². The molecule has 0 spiro atoms. The van der Waals surface area contributed by atoms with Gasteiger partial charge in [0, 0.05) is 18.7 Å². The van der Waals surface area contributed by atoms with E-state index in [0.717, 1.165) is 12.1 Å². The smallest absolute Gasteiger partial charge is 0.305 e. The molecular weight excluding hydrogens is 216 g/mol. The van der Waals surface area contributed by atoms with Crippen LogP contribution >= 0.6 is 0 Å². The van der Waals surface area contributed by atoms with E-state index in [1.54, 1.807) is 0 Å². The maximum absolute atomic E-state index is 10.6. The summed E-state index contributed by atoms with van der Waals surface area (Å²) < 4.78 is 0. The van der Waals surface area contributed by atoms with Crippen molar-refractivity contribution in [1.29, 1.82) is 0 Å². The Morgan fingerprint density at radius 2 is 2.18 bits per heavy atom. The van der Waals surface area contributed by atoms with Gasteiger partial charge in [-0.25, -0.2) is 0 Å². The molecule has 1 heterocycles. The summed E-state index contributed by atoms with van der Waals surface area (Å²) in [6.07, 6.45) is 1.00. The quantitative estimate of drug-likeness (QED) is 0.866. The lowest BCUT2D eigenvalue weighted by atomic mass is 10.0. The molecule has 4 nitrogen and oxygen atoms in total.